The molecule has 0 spiro atoms. The lowest BCUT2D eigenvalue weighted by molar-refractivity contribution is 0.496. The smallest absolute Gasteiger partial charge is 0.0991 e. The zero-order valence-electron chi connectivity index (χ0n) is 10.5. The molecule has 0 aliphatic carbocycles. The summed E-state index contributed by atoms with van der Waals surface area (Å²) in [6, 6.07) is 12.2. The SMILES string of the molecule is N#Cc1ccc(C#CC#CC#CN2CCCC2)cc1. The fourth-order valence-electron chi connectivity index (χ4n) is 1.73. The summed E-state index contributed by atoms with van der Waals surface area (Å²) in [7, 11) is 0. The topological polar surface area (TPSA) is 27.0 Å². The molecule has 2 rings (SSSR count). The van der Waals surface area contributed by atoms with Gasteiger partial charge in [-0.15, -0.1) is 0 Å². The van der Waals surface area contributed by atoms with E-state index in [0.29, 0.717) is 5.56 Å². The molecule has 1 aromatic rings. The van der Waals surface area contributed by atoms with Crippen LogP contribution in [0.1, 0.15) is 24.0 Å². The van der Waals surface area contributed by atoms with E-state index in [9.17, 15) is 0 Å². The van der Waals surface area contributed by atoms with Crippen molar-refractivity contribution >= 4 is 0 Å². The Labute approximate surface area is 114 Å². The maximum absolute atomic E-state index is 8.66. The van der Waals surface area contributed by atoms with E-state index >= 15 is 0 Å². The minimum Gasteiger partial charge on any atom is -0.332 e. The summed E-state index contributed by atoms with van der Waals surface area (Å²) in [5, 5.41) is 8.66. The first-order chi connectivity index (χ1) is 9.38. The zero-order valence-corrected chi connectivity index (χ0v) is 10.5. The Hall–Kier alpha value is -2.81. The van der Waals surface area contributed by atoms with Crippen molar-refractivity contribution in [1.82, 2.24) is 4.90 Å². The van der Waals surface area contributed by atoms with E-state index in [1.807, 2.05) is 12.1 Å². The number of hydrogen-bond acceptors (Lipinski definition) is 2. The van der Waals surface area contributed by atoms with Crippen molar-refractivity contribution in [2.45, 2.75) is 12.8 Å². The van der Waals surface area contributed by atoms with Gasteiger partial charge < -0.3 is 4.90 Å². The lowest BCUT2D eigenvalue weighted by atomic mass is 10.1. The molecule has 0 bridgehead atoms. The number of nitrogens with zero attached hydrogens (tertiary/aromatic N) is 2. The van der Waals surface area contributed by atoms with E-state index in [0.717, 1.165) is 18.7 Å². The molecule has 1 fully saturated rings. The van der Waals surface area contributed by atoms with Crippen LogP contribution in [0.5, 0.6) is 0 Å². The van der Waals surface area contributed by atoms with Crippen LogP contribution in [0.25, 0.3) is 0 Å². The van der Waals surface area contributed by atoms with Crippen molar-refractivity contribution < 1.29 is 0 Å². The van der Waals surface area contributed by atoms with Gasteiger partial charge >= 0.3 is 0 Å². The number of nitriles is 1. The predicted molar refractivity (Wildman–Crippen MR) is 74.4 cm³/mol. The first-order valence-corrected chi connectivity index (χ1v) is 6.15. The van der Waals surface area contributed by atoms with Gasteiger partial charge in [0.25, 0.3) is 0 Å². The average Bonchev–Trinajstić information content (AvgIpc) is 2.96. The monoisotopic (exact) mass is 244 g/mol. The molecule has 1 aromatic carbocycles. The van der Waals surface area contributed by atoms with E-state index in [-0.39, 0.29) is 0 Å². The van der Waals surface area contributed by atoms with Crippen LogP contribution >= 0.6 is 0 Å². The Morgan fingerprint density at radius 3 is 2.16 bits per heavy atom. The Bertz CT molecular complexity index is 652. The first-order valence-electron chi connectivity index (χ1n) is 6.15. The van der Waals surface area contributed by atoms with Gasteiger partial charge in [0, 0.05) is 36.5 Å². The molecule has 0 radical (unpaired) electrons. The standard InChI is InChI=1S/C17H12N2/c18-15-17-10-8-16(9-11-17)7-3-1-2-4-12-19-13-5-6-14-19/h8-11H,5-6,13-14H2. The summed E-state index contributed by atoms with van der Waals surface area (Å²) in [6.45, 7) is 2.09. The Balaban J connectivity index is 1.91. The van der Waals surface area contributed by atoms with E-state index in [2.05, 4.69) is 46.6 Å². The van der Waals surface area contributed by atoms with Crippen LogP contribution in [0.15, 0.2) is 24.3 Å². The maximum Gasteiger partial charge on any atom is 0.0991 e. The highest BCUT2D eigenvalue weighted by Crippen LogP contribution is 2.04. The van der Waals surface area contributed by atoms with Crippen molar-refractivity contribution in [3.05, 3.63) is 35.4 Å². The fourth-order valence-corrected chi connectivity index (χ4v) is 1.73. The van der Waals surface area contributed by atoms with E-state index < -0.39 is 0 Å². The molecule has 90 valence electrons. The van der Waals surface area contributed by atoms with E-state index in [4.69, 9.17) is 5.26 Å². The second kappa shape index (κ2) is 6.81. The van der Waals surface area contributed by atoms with Crippen molar-refractivity contribution in [2.24, 2.45) is 0 Å². The fraction of sp³-hybridized carbons (Fsp3) is 0.235. The molecule has 0 amide bonds. The van der Waals surface area contributed by atoms with Gasteiger partial charge in [-0.2, -0.15) is 5.26 Å². The molecule has 1 saturated heterocycles. The molecule has 0 atom stereocenters. The summed E-state index contributed by atoms with van der Waals surface area (Å²) in [5.41, 5.74) is 1.48. The maximum atomic E-state index is 8.66. The van der Waals surface area contributed by atoms with Gasteiger partial charge in [-0.05, 0) is 48.9 Å². The third kappa shape index (κ3) is 4.16. The number of rotatable bonds is 0. The molecule has 1 aliphatic heterocycles. The molecule has 2 nitrogen and oxygen atoms in total. The van der Waals surface area contributed by atoms with Crippen molar-refractivity contribution in [3.63, 3.8) is 0 Å². The second-order valence-electron chi connectivity index (χ2n) is 4.12. The molecule has 1 heterocycles. The van der Waals surface area contributed by atoms with Gasteiger partial charge in [-0.3, -0.25) is 0 Å². The molecule has 1 aliphatic rings. The van der Waals surface area contributed by atoms with Crippen molar-refractivity contribution in [1.29, 1.82) is 5.26 Å². The second-order valence-corrected chi connectivity index (χ2v) is 4.12. The number of hydrogen-bond donors (Lipinski definition) is 0. The van der Waals surface area contributed by atoms with Gasteiger partial charge in [-0.1, -0.05) is 5.92 Å². The van der Waals surface area contributed by atoms with Gasteiger partial charge in [-0.25, -0.2) is 0 Å². The normalized spacial score (nSPS) is 12.1. The summed E-state index contributed by atoms with van der Waals surface area (Å²) in [4.78, 5) is 2.09. The summed E-state index contributed by atoms with van der Waals surface area (Å²) in [6.07, 6.45) is 2.45. The minimum absolute atomic E-state index is 0.633. The third-order valence-corrected chi connectivity index (χ3v) is 2.73. The number of benzene rings is 1. The van der Waals surface area contributed by atoms with Crippen LogP contribution in [-0.4, -0.2) is 18.0 Å². The largest absolute Gasteiger partial charge is 0.332 e. The molecule has 2 heteroatoms. The van der Waals surface area contributed by atoms with Crippen LogP contribution in [0.2, 0.25) is 0 Å². The summed E-state index contributed by atoms with van der Waals surface area (Å²) in [5.74, 6) is 13.9. The molecular weight excluding hydrogens is 232 g/mol. The van der Waals surface area contributed by atoms with Crippen LogP contribution < -0.4 is 0 Å². The number of likely N-dealkylation sites (tertiary alicyclic amines) is 1. The first kappa shape index (κ1) is 12.6. The van der Waals surface area contributed by atoms with Gasteiger partial charge in [0.05, 0.1) is 11.6 Å². The van der Waals surface area contributed by atoms with Crippen LogP contribution in [-0.2, 0) is 0 Å². The van der Waals surface area contributed by atoms with Gasteiger partial charge in [0.2, 0.25) is 0 Å². The predicted octanol–water partition coefficient (Wildman–Crippen LogP) is 1.97. The molecular formula is C17H12N2. The zero-order chi connectivity index (χ0) is 13.3. The highest BCUT2D eigenvalue weighted by atomic mass is 15.1. The summed E-state index contributed by atoms with van der Waals surface area (Å²) >= 11 is 0. The lowest BCUT2D eigenvalue weighted by Crippen LogP contribution is -2.10. The molecule has 19 heavy (non-hydrogen) atoms. The van der Waals surface area contributed by atoms with Gasteiger partial charge in [0.1, 0.15) is 0 Å². The Morgan fingerprint density at radius 1 is 0.842 bits per heavy atom. The molecule has 0 saturated carbocycles. The highest BCUT2D eigenvalue weighted by Gasteiger charge is 2.05. The average molecular weight is 244 g/mol. The van der Waals surface area contributed by atoms with Crippen molar-refractivity contribution in [2.75, 3.05) is 13.1 Å². The molecule has 0 aromatic heterocycles. The van der Waals surface area contributed by atoms with Crippen LogP contribution in [0, 0.1) is 47.0 Å². The van der Waals surface area contributed by atoms with Crippen LogP contribution in [0.4, 0.5) is 0 Å². The van der Waals surface area contributed by atoms with Gasteiger partial charge in [0.15, 0.2) is 0 Å². The Morgan fingerprint density at radius 2 is 1.47 bits per heavy atom. The quantitative estimate of drug-likeness (QED) is 0.652. The van der Waals surface area contributed by atoms with E-state index in [1.54, 1.807) is 12.1 Å². The summed E-state index contributed by atoms with van der Waals surface area (Å²) < 4.78 is 0. The van der Waals surface area contributed by atoms with E-state index in [1.165, 1.54) is 12.8 Å². The molecule has 0 N–H and O–H groups in total. The third-order valence-electron chi connectivity index (χ3n) is 2.73. The molecule has 0 unspecified atom stereocenters. The van der Waals surface area contributed by atoms with Crippen LogP contribution in [0.3, 0.4) is 0 Å². The lowest BCUT2D eigenvalue weighted by Gasteiger charge is -2.03. The van der Waals surface area contributed by atoms with Crippen molar-refractivity contribution in [3.8, 4) is 41.7 Å². The highest BCUT2D eigenvalue weighted by molar-refractivity contribution is 5.44. The Kier molecular flexibility index (Phi) is 4.53. The minimum atomic E-state index is 0.633.